The number of oxazole rings is 1. The molecule has 0 atom stereocenters. The van der Waals surface area contributed by atoms with Crippen molar-refractivity contribution < 1.29 is 4.42 Å². The van der Waals surface area contributed by atoms with E-state index in [2.05, 4.69) is 34.6 Å². The van der Waals surface area contributed by atoms with E-state index in [1.807, 2.05) is 24.3 Å². The van der Waals surface area contributed by atoms with Gasteiger partial charge in [-0.25, -0.2) is 4.98 Å². The number of para-hydroxylation sites is 2. The van der Waals surface area contributed by atoms with Crippen molar-refractivity contribution in [2.75, 3.05) is 13.1 Å². The van der Waals surface area contributed by atoms with Crippen LogP contribution in [0, 0.1) is 0 Å². The largest absolute Gasteiger partial charge is 0.436 e. The van der Waals surface area contributed by atoms with Crippen LogP contribution >= 0.6 is 0 Å². The fraction of sp³-hybridized carbons (Fsp3) is 0.278. The van der Waals surface area contributed by atoms with E-state index in [1.165, 1.54) is 18.4 Å². The summed E-state index contributed by atoms with van der Waals surface area (Å²) in [6.45, 7) is 2.18. The Morgan fingerprint density at radius 1 is 0.952 bits per heavy atom. The molecule has 0 saturated carbocycles. The van der Waals surface area contributed by atoms with Crippen molar-refractivity contribution in [1.29, 1.82) is 0 Å². The summed E-state index contributed by atoms with van der Waals surface area (Å²) in [5.41, 5.74) is 4.28. The molecule has 1 saturated heterocycles. The molecule has 2 aromatic carbocycles. The molecular formula is C18H18N2O. The Morgan fingerprint density at radius 3 is 2.57 bits per heavy atom. The first-order valence-corrected chi connectivity index (χ1v) is 7.57. The number of hydrogen-bond acceptors (Lipinski definition) is 3. The number of benzene rings is 2. The van der Waals surface area contributed by atoms with Gasteiger partial charge >= 0.3 is 0 Å². The highest BCUT2D eigenvalue weighted by Gasteiger charge is 2.20. The maximum atomic E-state index is 5.96. The molecule has 1 aliphatic rings. The predicted octanol–water partition coefficient (Wildman–Crippen LogP) is 3.96. The first-order valence-electron chi connectivity index (χ1n) is 7.57. The predicted molar refractivity (Wildman–Crippen MR) is 84.3 cm³/mol. The van der Waals surface area contributed by atoms with Gasteiger partial charge in [0.25, 0.3) is 0 Å². The fourth-order valence-electron chi connectivity index (χ4n) is 3.17. The second kappa shape index (κ2) is 5.34. The summed E-state index contributed by atoms with van der Waals surface area (Å²) in [6.07, 6.45) is 2.36. The summed E-state index contributed by atoms with van der Waals surface area (Å²) < 4.78 is 5.96. The van der Waals surface area contributed by atoms with E-state index in [0.29, 0.717) is 5.92 Å². The van der Waals surface area contributed by atoms with Crippen molar-refractivity contribution in [1.82, 2.24) is 10.3 Å². The second-order valence-electron chi connectivity index (χ2n) is 5.60. The van der Waals surface area contributed by atoms with Crippen LogP contribution in [0.2, 0.25) is 0 Å². The van der Waals surface area contributed by atoms with E-state index >= 15 is 0 Å². The Balaban J connectivity index is 1.80. The molecule has 0 spiro atoms. The van der Waals surface area contributed by atoms with Crippen molar-refractivity contribution in [3.05, 3.63) is 54.1 Å². The van der Waals surface area contributed by atoms with Gasteiger partial charge in [-0.15, -0.1) is 0 Å². The molecule has 106 valence electrons. The number of nitrogens with zero attached hydrogens (tertiary/aromatic N) is 1. The number of aromatic nitrogens is 1. The Labute approximate surface area is 124 Å². The van der Waals surface area contributed by atoms with Gasteiger partial charge in [0.05, 0.1) is 0 Å². The van der Waals surface area contributed by atoms with E-state index in [-0.39, 0.29) is 0 Å². The van der Waals surface area contributed by atoms with Gasteiger partial charge in [-0.05, 0) is 55.6 Å². The monoisotopic (exact) mass is 278 g/mol. The van der Waals surface area contributed by atoms with Gasteiger partial charge in [0.1, 0.15) is 5.52 Å². The first kappa shape index (κ1) is 12.6. The van der Waals surface area contributed by atoms with Gasteiger partial charge < -0.3 is 9.73 Å². The summed E-state index contributed by atoms with van der Waals surface area (Å²) >= 11 is 0. The molecule has 0 radical (unpaired) electrons. The molecule has 1 aliphatic heterocycles. The molecule has 0 amide bonds. The normalized spacial score (nSPS) is 16.4. The number of nitrogens with one attached hydrogen (secondary N) is 1. The molecule has 1 N–H and O–H groups in total. The molecule has 0 unspecified atom stereocenters. The van der Waals surface area contributed by atoms with Gasteiger partial charge in [-0.1, -0.05) is 30.3 Å². The molecule has 1 aromatic heterocycles. The Bertz CT molecular complexity index is 724. The summed E-state index contributed by atoms with van der Waals surface area (Å²) in [6, 6.07) is 16.5. The van der Waals surface area contributed by atoms with Crippen LogP contribution in [0.15, 0.2) is 52.9 Å². The molecular weight excluding hydrogens is 260 g/mol. The zero-order valence-electron chi connectivity index (χ0n) is 11.9. The van der Waals surface area contributed by atoms with Crippen LogP contribution in [-0.2, 0) is 0 Å². The number of fused-ring (bicyclic) bond motifs is 1. The van der Waals surface area contributed by atoms with Crippen molar-refractivity contribution in [2.24, 2.45) is 0 Å². The smallest absolute Gasteiger partial charge is 0.227 e. The highest BCUT2D eigenvalue weighted by Crippen LogP contribution is 2.34. The zero-order chi connectivity index (χ0) is 14.1. The molecule has 4 rings (SSSR count). The minimum Gasteiger partial charge on any atom is -0.436 e. The summed E-state index contributed by atoms with van der Waals surface area (Å²) in [4.78, 5) is 4.66. The van der Waals surface area contributed by atoms with Gasteiger partial charge in [-0.2, -0.15) is 0 Å². The molecule has 3 heteroatoms. The van der Waals surface area contributed by atoms with Crippen LogP contribution in [0.25, 0.3) is 22.6 Å². The lowest BCUT2D eigenvalue weighted by molar-refractivity contribution is 0.460. The van der Waals surface area contributed by atoms with Crippen molar-refractivity contribution in [2.45, 2.75) is 18.8 Å². The quantitative estimate of drug-likeness (QED) is 0.771. The second-order valence-corrected chi connectivity index (χ2v) is 5.60. The van der Waals surface area contributed by atoms with Crippen LogP contribution in [-0.4, -0.2) is 18.1 Å². The standard InChI is InChI=1S/C18H18N2O/c1-2-6-15(14(5-1)13-9-11-19-12-10-13)18-20-16-7-3-4-8-17(16)21-18/h1-8,13,19H,9-12H2. The average Bonchev–Trinajstić information content (AvgIpc) is 2.99. The van der Waals surface area contributed by atoms with Crippen LogP contribution in [0.4, 0.5) is 0 Å². The van der Waals surface area contributed by atoms with Crippen molar-refractivity contribution in [3.8, 4) is 11.5 Å². The van der Waals surface area contributed by atoms with Crippen molar-refractivity contribution >= 4 is 11.1 Å². The first-order chi connectivity index (χ1) is 10.4. The minimum atomic E-state index is 0.595. The van der Waals surface area contributed by atoms with Crippen LogP contribution < -0.4 is 5.32 Å². The summed E-state index contributed by atoms with van der Waals surface area (Å²) in [5.74, 6) is 1.34. The number of hydrogen-bond donors (Lipinski definition) is 1. The minimum absolute atomic E-state index is 0.595. The van der Waals surface area contributed by atoms with Crippen LogP contribution in [0.5, 0.6) is 0 Å². The Kier molecular flexibility index (Phi) is 3.20. The lowest BCUT2D eigenvalue weighted by atomic mass is 9.87. The van der Waals surface area contributed by atoms with E-state index < -0.39 is 0 Å². The van der Waals surface area contributed by atoms with E-state index in [4.69, 9.17) is 4.42 Å². The molecule has 3 nitrogen and oxygen atoms in total. The summed E-state index contributed by atoms with van der Waals surface area (Å²) in [7, 11) is 0. The highest BCUT2D eigenvalue weighted by atomic mass is 16.3. The average molecular weight is 278 g/mol. The molecule has 1 fully saturated rings. The summed E-state index contributed by atoms with van der Waals surface area (Å²) in [5, 5.41) is 3.43. The van der Waals surface area contributed by atoms with Gasteiger partial charge in [0.2, 0.25) is 5.89 Å². The van der Waals surface area contributed by atoms with Crippen molar-refractivity contribution in [3.63, 3.8) is 0 Å². The molecule has 3 aromatic rings. The van der Waals surface area contributed by atoms with Gasteiger partial charge in [0, 0.05) is 5.56 Å². The Hall–Kier alpha value is -2.13. The highest BCUT2D eigenvalue weighted by molar-refractivity contribution is 5.76. The van der Waals surface area contributed by atoms with Gasteiger partial charge in [0.15, 0.2) is 5.58 Å². The molecule has 0 bridgehead atoms. The SMILES string of the molecule is c1ccc(C2CCNCC2)c(-c2nc3ccccc3o2)c1. The van der Waals surface area contributed by atoms with E-state index in [9.17, 15) is 0 Å². The van der Waals surface area contributed by atoms with Crippen LogP contribution in [0.1, 0.15) is 24.3 Å². The third kappa shape index (κ3) is 2.34. The molecule has 2 heterocycles. The zero-order valence-corrected chi connectivity index (χ0v) is 11.9. The lowest BCUT2D eigenvalue weighted by Crippen LogP contribution is -2.26. The number of rotatable bonds is 2. The topological polar surface area (TPSA) is 38.1 Å². The van der Waals surface area contributed by atoms with Crippen LogP contribution in [0.3, 0.4) is 0 Å². The third-order valence-electron chi connectivity index (χ3n) is 4.26. The van der Waals surface area contributed by atoms with E-state index in [0.717, 1.165) is 35.6 Å². The van der Waals surface area contributed by atoms with Gasteiger partial charge in [-0.3, -0.25) is 0 Å². The lowest BCUT2D eigenvalue weighted by Gasteiger charge is -2.24. The molecule has 0 aliphatic carbocycles. The molecule has 21 heavy (non-hydrogen) atoms. The fourth-order valence-corrected chi connectivity index (χ4v) is 3.17. The maximum Gasteiger partial charge on any atom is 0.227 e. The maximum absolute atomic E-state index is 5.96. The van der Waals surface area contributed by atoms with E-state index in [1.54, 1.807) is 0 Å². The number of piperidine rings is 1. The Morgan fingerprint density at radius 2 is 1.71 bits per heavy atom. The third-order valence-corrected chi connectivity index (χ3v) is 4.26.